The summed E-state index contributed by atoms with van der Waals surface area (Å²) in [6.45, 7) is 7.70. The predicted molar refractivity (Wildman–Crippen MR) is 106 cm³/mol. The lowest BCUT2D eigenvalue weighted by atomic mass is 10.1. The first-order valence-electron chi connectivity index (χ1n) is 8.81. The molecule has 1 aromatic rings. The fourth-order valence-electron chi connectivity index (χ4n) is 3.14. The van der Waals surface area contributed by atoms with Crippen molar-refractivity contribution in [2.75, 3.05) is 38.6 Å². The molecule has 1 atom stereocenters. The number of anilines is 1. The van der Waals surface area contributed by atoms with Crippen LogP contribution in [0.3, 0.4) is 0 Å². The number of aryl methyl sites for hydroxylation is 3. The van der Waals surface area contributed by atoms with E-state index in [0.29, 0.717) is 6.54 Å². The zero-order chi connectivity index (χ0) is 18.4. The number of likely N-dealkylation sites (N-methyl/N-ethyl adjacent to an activating group) is 1. The number of halogens is 1. The van der Waals surface area contributed by atoms with E-state index < -0.39 is 0 Å². The Bertz CT molecular complexity index is 607. The van der Waals surface area contributed by atoms with Crippen molar-refractivity contribution in [1.82, 2.24) is 10.2 Å². The SMILES string of the molecule is Cc1cc(C)c(NC(=O)CN(C)C(=O)CNCC2CCCO2)c(C)c1.Cl. The van der Waals surface area contributed by atoms with Gasteiger partial charge < -0.3 is 20.3 Å². The molecular formula is C19H30ClN3O3. The summed E-state index contributed by atoms with van der Waals surface area (Å²) in [5.74, 6) is -0.296. The third-order valence-corrected chi connectivity index (χ3v) is 4.42. The maximum atomic E-state index is 12.3. The largest absolute Gasteiger partial charge is 0.377 e. The Kier molecular flexibility index (Phi) is 9.05. The highest BCUT2D eigenvalue weighted by atomic mass is 35.5. The molecule has 1 aliphatic rings. The predicted octanol–water partition coefficient (Wildman–Crippen LogP) is 2.20. The number of amides is 2. The fourth-order valence-corrected chi connectivity index (χ4v) is 3.14. The molecule has 1 fully saturated rings. The number of rotatable bonds is 7. The summed E-state index contributed by atoms with van der Waals surface area (Å²) in [7, 11) is 1.64. The first kappa shape index (κ1) is 22.4. The van der Waals surface area contributed by atoms with Gasteiger partial charge in [-0.1, -0.05) is 17.7 Å². The molecule has 26 heavy (non-hydrogen) atoms. The van der Waals surface area contributed by atoms with Gasteiger partial charge in [0.15, 0.2) is 0 Å². The van der Waals surface area contributed by atoms with Gasteiger partial charge in [-0.3, -0.25) is 9.59 Å². The maximum absolute atomic E-state index is 12.3. The Balaban J connectivity index is 0.00000338. The van der Waals surface area contributed by atoms with Crippen LogP contribution in [0.1, 0.15) is 29.5 Å². The molecule has 0 aromatic heterocycles. The summed E-state index contributed by atoms with van der Waals surface area (Å²) in [4.78, 5) is 25.8. The minimum absolute atomic E-state index is 0. The van der Waals surface area contributed by atoms with Crippen LogP contribution in [0.15, 0.2) is 12.1 Å². The van der Waals surface area contributed by atoms with E-state index in [1.165, 1.54) is 4.90 Å². The maximum Gasteiger partial charge on any atom is 0.243 e. The summed E-state index contributed by atoms with van der Waals surface area (Å²) >= 11 is 0. The average Bonchev–Trinajstić information content (AvgIpc) is 3.04. The number of hydrogen-bond acceptors (Lipinski definition) is 4. The van der Waals surface area contributed by atoms with Crippen LogP contribution < -0.4 is 10.6 Å². The minimum Gasteiger partial charge on any atom is -0.377 e. The molecule has 146 valence electrons. The number of benzene rings is 1. The Morgan fingerprint density at radius 2 is 1.88 bits per heavy atom. The third kappa shape index (κ3) is 6.59. The monoisotopic (exact) mass is 383 g/mol. The van der Waals surface area contributed by atoms with Crippen LogP contribution in [0.25, 0.3) is 0 Å². The van der Waals surface area contributed by atoms with Crippen LogP contribution in [0, 0.1) is 20.8 Å². The molecule has 0 radical (unpaired) electrons. The normalized spacial score (nSPS) is 16.1. The molecular weight excluding hydrogens is 354 g/mol. The molecule has 1 aliphatic heterocycles. The van der Waals surface area contributed by atoms with Crippen molar-refractivity contribution >= 4 is 29.9 Å². The molecule has 2 N–H and O–H groups in total. The van der Waals surface area contributed by atoms with Crippen LogP contribution in [0.4, 0.5) is 5.69 Å². The number of hydrogen-bond donors (Lipinski definition) is 2. The number of ether oxygens (including phenoxy) is 1. The fraction of sp³-hybridized carbons (Fsp3) is 0.579. The van der Waals surface area contributed by atoms with Crippen molar-refractivity contribution in [3.63, 3.8) is 0 Å². The second-order valence-corrected chi connectivity index (χ2v) is 6.84. The Morgan fingerprint density at radius 1 is 1.23 bits per heavy atom. The molecule has 1 aromatic carbocycles. The lowest BCUT2D eigenvalue weighted by Gasteiger charge is -2.19. The first-order valence-corrected chi connectivity index (χ1v) is 8.81. The molecule has 0 spiro atoms. The second-order valence-electron chi connectivity index (χ2n) is 6.84. The molecule has 2 amide bonds. The molecule has 1 heterocycles. The van der Waals surface area contributed by atoms with Gasteiger partial charge in [-0.25, -0.2) is 0 Å². The van der Waals surface area contributed by atoms with E-state index in [0.717, 1.165) is 41.8 Å². The molecule has 0 saturated carbocycles. The number of nitrogens with zero attached hydrogens (tertiary/aromatic N) is 1. The molecule has 6 nitrogen and oxygen atoms in total. The van der Waals surface area contributed by atoms with Gasteiger partial charge in [-0.15, -0.1) is 12.4 Å². The standard InChI is InChI=1S/C19H29N3O3.ClH/c1-13-8-14(2)19(15(3)9-13)21-17(23)12-22(4)18(24)11-20-10-16-6-5-7-25-16;/h8-9,16,20H,5-7,10-12H2,1-4H3,(H,21,23);1H. The summed E-state index contributed by atoms with van der Waals surface area (Å²) in [5, 5.41) is 6.03. The van der Waals surface area contributed by atoms with Crippen molar-refractivity contribution in [2.24, 2.45) is 0 Å². The lowest BCUT2D eigenvalue weighted by molar-refractivity contribution is -0.132. The van der Waals surface area contributed by atoms with Crippen molar-refractivity contribution in [2.45, 2.75) is 39.7 Å². The van der Waals surface area contributed by atoms with E-state index >= 15 is 0 Å². The van der Waals surface area contributed by atoms with Gasteiger partial charge in [0.25, 0.3) is 0 Å². The van der Waals surface area contributed by atoms with Crippen molar-refractivity contribution in [3.8, 4) is 0 Å². The van der Waals surface area contributed by atoms with Crippen molar-refractivity contribution < 1.29 is 14.3 Å². The molecule has 7 heteroatoms. The average molecular weight is 384 g/mol. The van der Waals surface area contributed by atoms with Crippen molar-refractivity contribution in [3.05, 3.63) is 28.8 Å². The Labute approximate surface area is 162 Å². The highest BCUT2D eigenvalue weighted by Gasteiger charge is 2.17. The Hall–Kier alpha value is -1.63. The number of carbonyl (C=O) groups is 2. The lowest BCUT2D eigenvalue weighted by Crippen LogP contribution is -2.41. The Morgan fingerprint density at radius 3 is 2.46 bits per heavy atom. The molecule has 0 aliphatic carbocycles. The van der Waals surface area contributed by atoms with E-state index in [4.69, 9.17) is 4.74 Å². The summed E-state index contributed by atoms with van der Waals surface area (Å²) in [6.07, 6.45) is 2.32. The van der Waals surface area contributed by atoms with E-state index in [9.17, 15) is 9.59 Å². The smallest absolute Gasteiger partial charge is 0.243 e. The van der Waals surface area contributed by atoms with Gasteiger partial charge in [-0.05, 0) is 44.7 Å². The topological polar surface area (TPSA) is 70.7 Å². The van der Waals surface area contributed by atoms with E-state index in [2.05, 4.69) is 10.6 Å². The van der Waals surface area contributed by atoms with Gasteiger partial charge >= 0.3 is 0 Å². The van der Waals surface area contributed by atoms with Crippen LogP contribution in [0.2, 0.25) is 0 Å². The summed E-state index contributed by atoms with van der Waals surface area (Å²) in [5.41, 5.74) is 4.04. The number of nitrogens with one attached hydrogen (secondary N) is 2. The van der Waals surface area contributed by atoms with Crippen LogP contribution >= 0.6 is 12.4 Å². The van der Waals surface area contributed by atoms with Gasteiger partial charge in [0, 0.05) is 25.9 Å². The van der Waals surface area contributed by atoms with Gasteiger partial charge in [0.2, 0.25) is 11.8 Å². The van der Waals surface area contributed by atoms with E-state index in [1.54, 1.807) is 7.05 Å². The van der Waals surface area contributed by atoms with Gasteiger partial charge in [0.05, 0.1) is 19.2 Å². The highest BCUT2D eigenvalue weighted by molar-refractivity contribution is 5.96. The quantitative estimate of drug-likeness (QED) is 0.757. The zero-order valence-electron chi connectivity index (χ0n) is 16.1. The molecule has 0 bridgehead atoms. The third-order valence-electron chi connectivity index (χ3n) is 4.42. The number of carbonyl (C=O) groups excluding carboxylic acids is 2. The van der Waals surface area contributed by atoms with Crippen LogP contribution in [-0.4, -0.2) is 56.1 Å². The van der Waals surface area contributed by atoms with Crippen LogP contribution in [0.5, 0.6) is 0 Å². The van der Waals surface area contributed by atoms with Gasteiger partial charge in [0.1, 0.15) is 0 Å². The second kappa shape index (κ2) is 10.5. The van der Waals surface area contributed by atoms with E-state index in [-0.39, 0.29) is 43.4 Å². The molecule has 1 unspecified atom stereocenters. The summed E-state index contributed by atoms with van der Waals surface area (Å²) in [6, 6.07) is 4.07. The van der Waals surface area contributed by atoms with Gasteiger partial charge in [-0.2, -0.15) is 0 Å². The van der Waals surface area contributed by atoms with Crippen LogP contribution in [-0.2, 0) is 14.3 Å². The zero-order valence-corrected chi connectivity index (χ0v) is 16.9. The summed E-state index contributed by atoms with van der Waals surface area (Å²) < 4.78 is 5.51. The van der Waals surface area contributed by atoms with E-state index in [1.807, 2.05) is 32.9 Å². The first-order chi connectivity index (χ1) is 11.9. The van der Waals surface area contributed by atoms with Crippen molar-refractivity contribution in [1.29, 1.82) is 0 Å². The minimum atomic E-state index is -0.190. The molecule has 1 saturated heterocycles. The molecule has 2 rings (SSSR count). The highest BCUT2D eigenvalue weighted by Crippen LogP contribution is 2.21.